The molecule has 0 atom stereocenters. The number of amides is 2. The molecule has 164 valence electrons. The van der Waals surface area contributed by atoms with Gasteiger partial charge in [-0.3, -0.25) is 14.6 Å². The van der Waals surface area contributed by atoms with Crippen molar-refractivity contribution in [2.24, 2.45) is 5.41 Å². The third-order valence-electron chi connectivity index (χ3n) is 5.05. The van der Waals surface area contributed by atoms with Crippen LogP contribution in [0.3, 0.4) is 0 Å². The smallest absolute Gasteiger partial charge is 0.257 e. The molecule has 1 aliphatic heterocycles. The van der Waals surface area contributed by atoms with Crippen molar-refractivity contribution in [1.82, 2.24) is 15.6 Å². The summed E-state index contributed by atoms with van der Waals surface area (Å²) in [5.74, 6) is -0.175. The standard InChI is InChI=1S/C21H26N4O3.2ClH/c1-28-15-21(8-11-22-12-9-21)20(27)24-13-16-4-6-18(7-5-16)25-19(26)17-3-2-10-23-14-17;;/h2-7,10,14,22H,8-9,11-13,15H2,1H3,(H,24,27)(H,25,26);2*1H. The number of rotatable bonds is 7. The maximum absolute atomic E-state index is 12.8. The van der Waals surface area contributed by atoms with Crippen LogP contribution in [0.25, 0.3) is 0 Å². The van der Waals surface area contributed by atoms with Crippen molar-refractivity contribution < 1.29 is 14.3 Å². The van der Waals surface area contributed by atoms with Crippen LogP contribution in [0, 0.1) is 5.41 Å². The summed E-state index contributed by atoms with van der Waals surface area (Å²) in [6.07, 6.45) is 4.69. The summed E-state index contributed by atoms with van der Waals surface area (Å²) in [6.45, 7) is 2.51. The lowest BCUT2D eigenvalue weighted by Crippen LogP contribution is -2.49. The molecule has 2 heterocycles. The first kappa shape index (κ1) is 25.8. The number of nitrogens with zero attached hydrogens (tertiary/aromatic N) is 1. The number of carbonyl (C=O) groups excluding carboxylic acids is 2. The number of halogens is 2. The molecule has 1 aromatic carbocycles. The van der Waals surface area contributed by atoms with E-state index in [1.807, 2.05) is 24.3 Å². The van der Waals surface area contributed by atoms with Gasteiger partial charge in [0.2, 0.25) is 5.91 Å². The summed E-state index contributed by atoms with van der Waals surface area (Å²) < 4.78 is 5.31. The van der Waals surface area contributed by atoms with E-state index >= 15 is 0 Å². The molecular formula is C21H28Cl2N4O3. The highest BCUT2D eigenvalue weighted by Crippen LogP contribution is 2.29. The number of carbonyl (C=O) groups is 2. The summed E-state index contributed by atoms with van der Waals surface area (Å²) in [5, 5.41) is 9.16. The number of methoxy groups -OCH3 is 1. The molecule has 1 aliphatic rings. The van der Waals surface area contributed by atoms with Gasteiger partial charge in [0.1, 0.15) is 0 Å². The van der Waals surface area contributed by atoms with Crippen molar-refractivity contribution in [3.05, 3.63) is 59.9 Å². The summed E-state index contributed by atoms with van der Waals surface area (Å²) in [5.41, 5.74) is 1.70. The number of nitrogens with one attached hydrogen (secondary N) is 3. The Bertz CT molecular complexity index is 792. The Labute approximate surface area is 189 Å². The number of hydrogen-bond acceptors (Lipinski definition) is 5. The topological polar surface area (TPSA) is 92.4 Å². The van der Waals surface area contributed by atoms with E-state index in [4.69, 9.17) is 4.74 Å². The number of benzene rings is 1. The Morgan fingerprint density at radius 2 is 1.83 bits per heavy atom. The first-order valence-corrected chi connectivity index (χ1v) is 9.41. The second-order valence-electron chi connectivity index (χ2n) is 7.04. The van der Waals surface area contributed by atoms with Crippen LogP contribution in [0.15, 0.2) is 48.8 Å². The number of piperidine rings is 1. The van der Waals surface area contributed by atoms with Crippen molar-refractivity contribution in [3.8, 4) is 0 Å². The van der Waals surface area contributed by atoms with E-state index in [9.17, 15) is 9.59 Å². The molecule has 0 radical (unpaired) electrons. The monoisotopic (exact) mass is 454 g/mol. The zero-order valence-corrected chi connectivity index (χ0v) is 18.5. The SMILES string of the molecule is COCC1(C(=O)NCc2ccc(NC(=O)c3cccnc3)cc2)CCNCC1.Cl.Cl. The molecule has 1 fully saturated rings. The molecule has 7 nitrogen and oxygen atoms in total. The number of hydrogen-bond donors (Lipinski definition) is 3. The van der Waals surface area contributed by atoms with Gasteiger partial charge in [-0.2, -0.15) is 0 Å². The van der Waals surface area contributed by atoms with Gasteiger partial charge in [0.25, 0.3) is 5.91 Å². The molecule has 2 amide bonds. The lowest BCUT2D eigenvalue weighted by molar-refractivity contribution is -0.136. The van der Waals surface area contributed by atoms with Crippen LogP contribution < -0.4 is 16.0 Å². The average molecular weight is 455 g/mol. The minimum Gasteiger partial charge on any atom is -0.384 e. The summed E-state index contributed by atoms with van der Waals surface area (Å²) >= 11 is 0. The fourth-order valence-corrected chi connectivity index (χ4v) is 3.39. The molecule has 0 bridgehead atoms. The van der Waals surface area contributed by atoms with Crippen molar-refractivity contribution >= 4 is 42.3 Å². The Kier molecular flexibility index (Phi) is 10.8. The molecule has 0 unspecified atom stereocenters. The van der Waals surface area contributed by atoms with Gasteiger partial charge in [-0.05, 0) is 55.8 Å². The number of ether oxygens (including phenoxy) is 1. The predicted octanol–water partition coefficient (Wildman–Crippen LogP) is 2.81. The fraction of sp³-hybridized carbons (Fsp3) is 0.381. The zero-order chi connectivity index (χ0) is 19.8. The van der Waals surface area contributed by atoms with E-state index in [0.29, 0.717) is 24.4 Å². The number of pyridine rings is 1. The largest absolute Gasteiger partial charge is 0.384 e. The first-order valence-electron chi connectivity index (χ1n) is 9.41. The summed E-state index contributed by atoms with van der Waals surface area (Å²) in [4.78, 5) is 28.9. The molecular weight excluding hydrogens is 427 g/mol. The molecule has 0 spiro atoms. The Morgan fingerprint density at radius 3 is 2.43 bits per heavy atom. The molecule has 3 N–H and O–H groups in total. The minimum absolute atomic E-state index is 0. The second-order valence-corrected chi connectivity index (χ2v) is 7.04. The molecule has 1 saturated heterocycles. The number of aromatic nitrogens is 1. The van der Waals surface area contributed by atoms with Crippen LogP contribution in [-0.4, -0.2) is 43.6 Å². The van der Waals surface area contributed by atoms with Crippen molar-refractivity contribution in [2.75, 3.05) is 32.1 Å². The van der Waals surface area contributed by atoms with Crippen molar-refractivity contribution in [3.63, 3.8) is 0 Å². The van der Waals surface area contributed by atoms with Crippen LogP contribution in [0.1, 0.15) is 28.8 Å². The van der Waals surface area contributed by atoms with E-state index in [1.165, 1.54) is 6.20 Å². The third-order valence-corrected chi connectivity index (χ3v) is 5.05. The Balaban J connectivity index is 0.00000225. The van der Waals surface area contributed by atoms with Gasteiger partial charge in [-0.25, -0.2) is 0 Å². The maximum atomic E-state index is 12.8. The average Bonchev–Trinajstić information content (AvgIpc) is 2.74. The van der Waals surface area contributed by atoms with Crippen LogP contribution in [0.5, 0.6) is 0 Å². The zero-order valence-electron chi connectivity index (χ0n) is 16.8. The van der Waals surface area contributed by atoms with E-state index < -0.39 is 5.41 Å². The van der Waals surface area contributed by atoms with Gasteiger partial charge in [0.05, 0.1) is 17.6 Å². The van der Waals surface area contributed by atoms with E-state index in [-0.39, 0.29) is 36.6 Å². The van der Waals surface area contributed by atoms with E-state index in [2.05, 4.69) is 20.9 Å². The van der Waals surface area contributed by atoms with Gasteiger partial charge in [-0.1, -0.05) is 12.1 Å². The van der Waals surface area contributed by atoms with Gasteiger partial charge in [0, 0.05) is 31.7 Å². The maximum Gasteiger partial charge on any atom is 0.257 e. The van der Waals surface area contributed by atoms with E-state index in [1.54, 1.807) is 25.4 Å². The van der Waals surface area contributed by atoms with E-state index in [0.717, 1.165) is 31.5 Å². The number of anilines is 1. The Hall–Kier alpha value is -2.19. The highest BCUT2D eigenvalue weighted by atomic mass is 35.5. The van der Waals surface area contributed by atoms with Crippen molar-refractivity contribution in [2.45, 2.75) is 19.4 Å². The first-order chi connectivity index (χ1) is 13.6. The normalized spacial score (nSPS) is 14.6. The predicted molar refractivity (Wildman–Crippen MR) is 121 cm³/mol. The highest BCUT2D eigenvalue weighted by Gasteiger charge is 2.39. The molecule has 0 saturated carbocycles. The second kappa shape index (κ2) is 12.5. The summed E-state index contributed by atoms with van der Waals surface area (Å²) in [6, 6.07) is 10.9. The van der Waals surface area contributed by atoms with Crippen molar-refractivity contribution in [1.29, 1.82) is 0 Å². The molecule has 0 aliphatic carbocycles. The lowest BCUT2D eigenvalue weighted by Gasteiger charge is -2.35. The summed E-state index contributed by atoms with van der Waals surface area (Å²) in [7, 11) is 1.63. The molecule has 9 heteroatoms. The van der Waals surface area contributed by atoms with Gasteiger partial charge in [-0.15, -0.1) is 24.8 Å². The third kappa shape index (κ3) is 6.67. The fourth-order valence-electron chi connectivity index (χ4n) is 3.39. The molecule has 3 rings (SSSR count). The van der Waals surface area contributed by atoms with Gasteiger partial charge >= 0.3 is 0 Å². The van der Waals surface area contributed by atoms with Crippen LogP contribution in [-0.2, 0) is 16.1 Å². The van der Waals surface area contributed by atoms with Crippen LogP contribution >= 0.6 is 24.8 Å². The molecule has 2 aromatic rings. The minimum atomic E-state index is -0.461. The van der Waals surface area contributed by atoms with Crippen LogP contribution in [0.4, 0.5) is 5.69 Å². The Morgan fingerprint density at radius 1 is 1.13 bits per heavy atom. The molecule has 30 heavy (non-hydrogen) atoms. The lowest BCUT2D eigenvalue weighted by atomic mass is 9.78. The highest BCUT2D eigenvalue weighted by molar-refractivity contribution is 6.04. The molecule has 1 aromatic heterocycles. The quantitative estimate of drug-likeness (QED) is 0.597. The van der Waals surface area contributed by atoms with Gasteiger partial charge in [0.15, 0.2) is 0 Å². The van der Waals surface area contributed by atoms with Crippen LogP contribution in [0.2, 0.25) is 0 Å². The van der Waals surface area contributed by atoms with Gasteiger partial charge < -0.3 is 20.7 Å².